The highest BCUT2D eigenvalue weighted by Crippen LogP contribution is 2.34. The van der Waals surface area contributed by atoms with Crippen LogP contribution in [0.5, 0.6) is 0 Å². The van der Waals surface area contributed by atoms with E-state index in [0.717, 1.165) is 12.8 Å². The van der Waals surface area contributed by atoms with Gasteiger partial charge in [-0.15, -0.1) is 0 Å². The van der Waals surface area contributed by atoms with Crippen LogP contribution in [0.15, 0.2) is 24.3 Å². The molecule has 0 aromatic heterocycles. The van der Waals surface area contributed by atoms with Crippen LogP contribution in [0.3, 0.4) is 0 Å². The van der Waals surface area contributed by atoms with Crippen molar-refractivity contribution < 1.29 is 9.90 Å². The monoisotopic (exact) mass is 254 g/mol. The number of carbonyl (C=O) groups is 1. The number of amides is 1. The molecule has 4 nitrogen and oxygen atoms in total. The molecule has 1 aromatic carbocycles. The molecular formula is C12H15ClN2O2. The number of aliphatic hydroxyl groups excluding tert-OH is 1. The number of hydrogen-bond acceptors (Lipinski definition) is 3. The lowest BCUT2D eigenvalue weighted by atomic mass is 10.3. The summed E-state index contributed by atoms with van der Waals surface area (Å²) in [6.45, 7) is 0.282. The third-order valence-corrected chi connectivity index (χ3v) is 3.12. The zero-order chi connectivity index (χ0) is 12.3. The van der Waals surface area contributed by atoms with Crippen molar-refractivity contribution in [3.05, 3.63) is 29.3 Å². The number of carbonyl (C=O) groups excluding carboxylic acids is 1. The minimum Gasteiger partial charge on any atom is -0.394 e. The van der Waals surface area contributed by atoms with Gasteiger partial charge in [-0.1, -0.05) is 17.7 Å². The van der Waals surface area contributed by atoms with E-state index in [-0.39, 0.29) is 24.6 Å². The minimum absolute atomic E-state index is 0.0808. The molecule has 1 saturated carbocycles. The Bertz CT molecular complexity index is 419. The van der Waals surface area contributed by atoms with Crippen LogP contribution in [0.1, 0.15) is 12.8 Å². The van der Waals surface area contributed by atoms with Crippen molar-refractivity contribution in [2.24, 2.45) is 0 Å². The first-order chi connectivity index (χ1) is 8.13. The van der Waals surface area contributed by atoms with E-state index in [0.29, 0.717) is 10.7 Å². The molecule has 0 saturated heterocycles. The van der Waals surface area contributed by atoms with Crippen LogP contribution in [0.2, 0.25) is 5.02 Å². The van der Waals surface area contributed by atoms with Crippen molar-refractivity contribution in [3.63, 3.8) is 0 Å². The van der Waals surface area contributed by atoms with Crippen LogP contribution in [0, 0.1) is 0 Å². The van der Waals surface area contributed by atoms with E-state index >= 15 is 0 Å². The van der Waals surface area contributed by atoms with Gasteiger partial charge in [-0.05, 0) is 31.0 Å². The smallest absolute Gasteiger partial charge is 0.238 e. The van der Waals surface area contributed by atoms with Crippen molar-refractivity contribution in [1.82, 2.24) is 5.32 Å². The summed E-state index contributed by atoms with van der Waals surface area (Å²) in [6.07, 6.45) is 1.85. The van der Waals surface area contributed by atoms with E-state index in [4.69, 9.17) is 16.7 Å². The molecule has 92 valence electrons. The Labute approximate surface area is 105 Å². The molecule has 1 amide bonds. The summed E-state index contributed by atoms with van der Waals surface area (Å²) in [5, 5.41) is 15.5. The predicted octanol–water partition coefficient (Wildman–Crippen LogP) is 1.39. The van der Waals surface area contributed by atoms with Gasteiger partial charge >= 0.3 is 0 Å². The summed E-state index contributed by atoms with van der Waals surface area (Å²) >= 11 is 5.81. The first-order valence-electron chi connectivity index (χ1n) is 5.55. The molecule has 0 radical (unpaired) electrons. The van der Waals surface area contributed by atoms with Gasteiger partial charge in [0.25, 0.3) is 0 Å². The summed E-state index contributed by atoms with van der Waals surface area (Å²) in [7, 11) is 0. The topological polar surface area (TPSA) is 61.4 Å². The lowest BCUT2D eigenvalue weighted by molar-refractivity contribution is -0.115. The molecule has 3 N–H and O–H groups in total. The molecule has 5 heteroatoms. The molecule has 0 aliphatic heterocycles. The molecule has 0 bridgehead atoms. The van der Waals surface area contributed by atoms with Gasteiger partial charge in [0.15, 0.2) is 0 Å². The van der Waals surface area contributed by atoms with Crippen molar-refractivity contribution in [2.45, 2.75) is 18.4 Å². The van der Waals surface area contributed by atoms with E-state index in [1.807, 2.05) is 0 Å². The number of hydrogen-bond donors (Lipinski definition) is 3. The highest BCUT2D eigenvalue weighted by atomic mass is 35.5. The third-order valence-electron chi connectivity index (χ3n) is 2.89. The fourth-order valence-electron chi connectivity index (χ4n) is 1.58. The number of rotatable bonds is 5. The van der Waals surface area contributed by atoms with Crippen LogP contribution >= 0.6 is 11.6 Å². The van der Waals surface area contributed by atoms with Crippen LogP contribution in [-0.2, 0) is 4.79 Å². The molecule has 1 aliphatic carbocycles. The van der Waals surface area contributed by atoms with Gasteiger partial charge in [0.1, 0.15) is 0 Å². The van der Waals surface area contributed by atoms with Gasteiger partial charge in [0.05, 0.1) is 13.2 Å². The number of halogens is 1. The van der Waals surface area contributed by atoms with Gasteiger partial charge in [-0.3, -0.25) is 4.79 Å². The van der Waals surface area contributed by atoms with Crippen LogP contribution in [0.4, 0.5) is 5.69 Å². The van der Waals surface area contributed by atoms with E-state index in [9.17, 15) is 4.79 Å². The number of anilines is 1. The zero-order valence-electron chi connectivity index (χ0n) is 9.37. The Morgan fingerprint density at radius 1 is 1.47 bits per heavy atom. The molecule has 0 unspecified atom stereocenters. The van der Waals surface area contributed by atoms with E-state index in [1.54, 1.807) is 24.3 Å². The van der Waals surface area contributed by atoms with E-state index in [1.165, 1.54) is 0 Å². The van der Waals surface area contributed by atoms with Crippen LogP contribution in [0.25, 0.3) is 0 Å². The maximum absolute atomic E-state index is 11.6. The molecule has 17 heavy (non-hydrogen) atoms. The lowest BCUT2D eigenvalue weighted by Gasteiger charge is -2.13. The van der Waals surface area contributed by atoms with Crippen molar-refractivity contribution in [3.8, 4) is 0 Å². The Kier molecular flexibility index (Phi) is 3.66. The SMILES string of the molecule is O=C(CNC1(CO)CC1)Nc1cccc(Cl)c1. The summed E-state index contributed by atoms with van der Waals surface area (Å²) in [5.41, 5.74) is 0.462. The Hall–Kier alpha value is -1.10. The second-order valence-electron chi connectivity index (χ2n) is 4.35. The van der Waals surface area contributed by atoms with E-state index in [2.05, 4.69) is 10.6 Å². The van der Waals surface area contributed by atoms with Gasteiger partial charge < -0.3 is 15.7 Å². The molecule has 1 aliphatic rings. The summed E-state index contributed by atoms with van der Waals surface area (Å²) in [5.74, 6) is -0.132. The third kappa shape index (κ3) is 3.43. The maximum atomic E-state index is 11.6. The first kappa shape index (κ1) is 12.4. The lowest BCUT2D eigenvalue weighted by Crippen LogP contribution is -2.40. The Morgan fingerprint density at radius 3 is 2.82 bits per heavy atom. The van der Waals surface area contributed by atoms with Gasteiger partial charge in [0, 0.05) is 16.2 Å². The van der Waals surface area contributed by atoms with Crippen LogP contribution < -0.4 is 10.6 Å². The predicted molar refractivity (Wildman–Crippen MR) is 67.1 cm³/mol. The minimum atomic E-state index is -0.217. The van der Waals surface area contributed by atoms with E-state index < -0.39 is 0 Å². The number of nitrogens with one attached hydrogen (secondary N) is 2. The summed E-state index contributed by atoms with van der Waals surface area (Å²) in [4.78, 5) is 11.6. The van der Waals surface area contributed by atoms with Crippen molar-refractivity contribution in [2.75, 3.05) is 18.5 Å². The molecule has 0 spiro atoms. The van der Waals surface area contributed by atoms with Crippen molar-refractivity contribution in [1.29, 1.82) is 0 Å². The zero-order valence-corrected chi connectivity index (χ0v) is 10.1. The highest BCUT2D eigenvalue weighted by Gasteiger charge is 2.41. The molecule has 2 rings (SSSR count). The normalized spacial score (nSPS) is 16.6. The fraction of sp³-hybridized carbons (Fsp3) is 0.417. The second-order valence-corrected chi connectivity index (χ2v) is 4.79. The largest absolute Gasteiger partial charge is 0.394 e. The number of aliphatic hydroxyl groups is 1. The van der Waals surface area contributed by atoms with Gasteiger partial charge in [0.2, 0.25) is 5.91 Å². The molecular weight excluding hydrogens is 240 g/mol. The average Bonchev–Trinajstić information content (AvgIpc) is 3.07. The molecule has 0 heterocycles. The second kappa shape index (κ2) is 5.04. The van der Waals surface area contributed by atoms with Crippen LogP contribution in [-0.4, -0.2) is 29.7 Å². The maximum Gasteiger partial charge on any atom is 0.238 e. The molecule has 0 atom stereocenters. The van der Waals surface area contributed by atoms with Gasteiger partial charge in [-0.2, -0.15) is 0 Å². The van der Waals surface area contributed by atoms with Crippen molar-refractivity contribution >= 4 is 23.2 Å². The van der Waals surface area contributed by atoms with Gasteiger partial charge in [-0.25, -0.2) is 0 Å². The fourth-order valence-corrected chi connectivity index (χ4v) is 1.77. The molecule has 1 aromatic rings. The summed E-state index contributed by atoms with van der Waals surface area (Å²) in [6, 6.07) is 7.00. The highest BCUT2D eigenvalue weighted by molar-refractivity contribution is 6.30. The molecule has 1 fully saturated rings. The quantitative estimate of drug-likeness (QED) is 0.744. The number of benzene rings is 1. The Balaban J connectivity index is 1.81. The Morgan fingerprint density at radius 2 is 2.24 bits per heavy atom. The first-order valence-corrected chi connectivity index (χ1v) is 5.93. The summed E-state index contributed by atoms with van der Waals surface area (Å²) < 4.78 is 0. The average molecular weight is 255 g/mol. The standard InChI is InChI=1S/C12H15ClN2O2/c13-9-2-1-3-10(6-9)15-11(17)7-14-12(8-16)4-5-12/h1-3,6,14,16H,4-5,7-8H2,(H,15,17).